The molecule has 0 radical (unpaired) electrons. The van der Waals surface area contributed by atoms with E-state index in [4.69, 9.17) is 16.3 Å². The van der Waals surface area contributed by atoms with Crippen LogP contribution in [0.4, 0.5) is 5.69 Å². The van der Waals surface area contributed by atoms with Crippen molar-refractivity contribution in [3.8, 4) is 0 Å². The van der Waals surface area contributed by atoms with E-state index in [2.05, 4.69) is 15.6 Å². The van der Waals surface area contributed by atoms with Gasteiger partial charge in [0.1, 0.15) is 17.1 Å². The van der Waals surface area contributed by atoms with E-state index in [9.17, 15) is 14.4 Å². The molecular weight excluding hydrogens is 607 g/mol. The molecule has 0 spiro atoms. The Morgan fingerprint density at radius 2 is 1.72 bits per heavy atom. The molecule has 220 valence electrons. The van der Waals surface area contributed by atoms with Crippen molar-refractivity contribution in [2.45, 2.75) is 24.4 Å². The summed E-state index contributed by atoms with van der Waals surface area (Å²) in [7, 11) is 0. The number of β-lactam (4-membered cyclic amide) rings is 1. The number of carbonyl (C=O) groups excluding carboxylic acids is 3. The number of halogens is 2. The van der Waals surface area contributed by atoms with Gasteiger partial charge in [-0.2, -0.15) is 0 Å². The third-order valence-corrected chi connectivity index (χ3v) is 8.90. The van der Waals surface area contributed by atoms with Crippen molar-refractivity contribution in [1.29, 1.82) is 0 Å². The topological polar surface area (TPSA) is 101 Å². The lowest BCUT2D eigenvalue weighted by Gasteiger charge is -2.49. The van der Waals surface area contributed by atoms with Crippen LogP contribution in [0.15, 0.2) is 102 Å². The van der Waals surface area contributed by atoms with E-state index < -0.39 is 23.5 Å². The molecule has 6 rings (SSSR count). The van der Waals surface area contributed by atoms with Gasteiger partial charge in [-0.15, -0.1) is 24.2 Å². The van der Waals surface area contributed by atoms with E-state index in [-0.39, 0.29) is 36.5 Å². The van der Waals surface area contributed by atoms with Crippen molar-refractivity contribution in [3.63, 3.8) is 0 Å². The number of amides is 2. The fourth-order valence-electron chi connectivity index (χ4n) is 5.18. The number of rotatable bonds is 8. The number of ether oxygens (including phenoxy) is 1. The van der Waals surface area contributed by atoms with Crippen molar-refractivity contribution in [3.05, 3.63) is 119 Å². The number of benzene rings is 3. The first-order valence-corrected chi connectivity index (χ1v) is 14.9. The monoisotopic (exact) mass is 634 g/mol. The molecular formula is C32H28Cl2N4O4S. The standard InChI is InChI=1S/C32H27ClN4O4S.ClH/c1-19-18-42-31-27(36-26(38)17-35-24-14-15-34-25-16-22(33)12-13-23(24)25)30(39)37(31)28(19)32(40)41-29(20-8-4-2-5-9-20)21-10-6-3-7-11-21;/h2-16,27,29,31H,17-18H2,1H3,(H,34,35)(H,36,38);1H/t27-,31-;/m1./s1. The molecule has 2 atom stereocenters. The zero-order valence-electron chi connectivity index (χ0n) is 23.0. The van der Waals surface area contributed by atoms with Crippen LogP contribution in [0.5, 0.6) is 0 Å². The number of carbonyl (C=O) groups is 3. The summed E-state index contributed by atoms with van der Waals surface area (Å²) in [6, 6.07) is 25.4. The zero-order valence-corrected chi connectivity index (χ0v) is 25.4. The maximum atomic E-state index is 13.6. The molecule has 2 aliphatic heterocycles. The largest absolute Gasteiger partial charge is 0.448 e. The van der Waals surface area contributed by atoms with Gasteiger partial charge in [0.25, 0.3) is 5.91 Å². The number of nitrogens with zero attached hydrogens (tertiary/aromatic N) is 2. The van der Waals surface area contributed by atoms with Crippen LogP contribution in [-0.4, -0.2) is 51.4 Å². The number of fused-ring (bicyclic) bond motifs is 2. The number of hydrogen-bond donors (Lipinski definition) is 2. The SMILES string of the molecule is CC1=C(C(=O)OC(c2ccccc2)c2ccccc2)N2C(=O)[C@@H](NC(=O)CNc3ccnc4cc(Cl)ccc34)[C@H]2SC1.Cl. The maximum Gasteiger partial charge on any atom is 0.356 e. The summed E-state index contributed by atoms with van der Waals surface area (Å²) in [5.74, 6) is -0.709. The third-order valence-electron chi connectivity index (χ3n) is 7.24. The van der Waals surface area contributed by atoms with E-state index in [1.807, 2.05) is 73.7 Å². The highest BCUT2D eigenvalue weighted by molar-refractivity contribution is 8.00. The zero-order chi connectivity index (χ0) is 29.2. The second-order valence-electron chi connectivity index (χ2n) is 10.1. The molecule has 3 aromatic carbocycles. The van der Waals surface area contributed by atoms with E-state index in [0.29, 0.717) is 16.3 Å². The fraction of sp³-hybridized carbons (Fsp3) is 0.188. The van der Waals surface area contributed by atoms with Gasteiger partial charge in [-0.3, -0.25) is 19.5 Å². The van der Waals surface area contributed by atoms with Crippen LogP contribution in [0.2, 0.25) is 5.02 Å². The Labute approximate surface area is 264 Å². The summed E-state index contributed by atoms with van der Waals surface area (Å²) in [5, 5.41) is 6.96. The number of anilines is 1. The lowest BCUT2D eigenvalue weighted by atomic mass is 10.0. The highest BCUT2D eigenvalue weighted by Gasteiger charge is 2.54. The van der Waals surface area contributed by atoms with Gasteiger partial charge in [-0.1, -0.05) is 72.3 Å². The van der Waals surface area contributed by atoms with E-state index in [1.54, 1.807) is 24.4 Å². The second kappa shape index (κ2) is 13.1. The molecule has 2 amide bonds. The molecule has 0 bridgehead atoms. The Morgan fingerprint density at radius 1 is 1.05 bits per heavy atom. The van der Waals surface area contributed by atoms with Gasteiger partial charge in [0.05, 0.1) is 12.1 Å². The Balaban J connectivity index is 0.00000368. The van der Waals surface area contributed by atoms with Crippen molar-refractivity contribution in [2.75, 3.05) is 17.6 Å². The molecule has 8 nitrogen and oxygen atoms in total. The Morgan fingerprint density at radius 3 is 2.40 bits per heavy atom. The molecule has 3 heterocycles. The van der Waals surface area contributed by atoms with Gasteiger partial charge in [-0.05, 0) is 47.9 Å². The third kappa shape index (κ3) is 6.20. The molecule has 0 saturated carbocycles. The first-order chi connectivity index (χ1) is 20.4. The van der Waals surface area contributed by atoms with Crippen molar-refractivity contribution in [1.82, 2.24) is 15.2 Å². The summed E-state index contributed by atoms with van der Waals surface area (Å²) in [6.07, 6.45) is 1.01. The first-order valence-electron chi connectivity index (χ1n) is 13.4. The van der Waals surface area contributed by atoms with Crippen molar-refractivity contribution in [2.24, 2.45) is 0 Å². The number of hydrogen-bond acceptors (Lipinski definition) is 7. The van der Waals surface area contributed by atoms with Crippen molar-refractivity contribution < 1.29 is 19.1 Å². The number of nitrogens with one attached hydrogen (secondary N) is 2. The number of pyridine rings is 1. The second-order valence-corrected chi connectivity index (χ2v) is 11.6. The normalized spacial score (nSPS) is 17.6. The molecule has 11 heteroatoms. The highest BCUT2D eigenvalue weighted by atomic mass is 35.5. The average molecular weight is 636 g/mol. The van der Waals surface area contributed by atoms with Crippen molar-refractivity contribution >= 4 is 70.1 Å². The lowest BCUT2D eigenvalue weighted by Crippen LogP contribution is -2.70. The predicted molar refractivity (Wildman–Crippen MR) is 171 cm³/mol. The van der Waals surface area contributed by atoms with E-state index in [1.165, 1.54) is 16.7 Å². The summed E-state index contributed by atoms with van der Waals surface area (Å²) < 4.78 is 6.07. The van der Waals surface area contributed by atoms with Gasteiger partial charge in [0, 0.05) is 28.0 Å². The van der Waals surface area contributed by atoms with Crippen LogP contribution in [0.3, 0.4) is 0 Å². The quantitative estimate of drug-likeness (QED) is 0.189. The molecule has 0 aliphatic carbocycles. The van der Waals surface area contributed by atoms with Crippen LogP contribution in [-0.2, 0) is 19.1 Å². The Hall–Kier alpha value is -4.05. The predicted octanol–water partition coefficient (Wildman–Crippen LogP) is 5.73. The maximum absolute atomic E-state index is 13.6. The number of thioether (sulfide) groups is 1. The molecule has 43 heavy (non-hydrogen) atoms. The summed E-state index contributed by atoms with van der Waals surface area (Å²) >= 11 is 7.58. The minimum Gasteiger partial charge on any atom is -0.448 e. The van der Waals surface area contributed by atoms with E-state index in [0.717, 1.165) is 27.8 Å². The smallest absolute Gasteiger partial charge is 0.356 e. The van der Waals surface area contributed by atoms with Gasteiger partial charge < -0.3 is 15.4 Å². The van der Waals surface area contributed by atoms with Crippen LogP contribution >= 0.6 is 35.8 Å². The highest BCUT2D eigenvalue weighted by Crippen LogP contribution is 2.41. The van der Waals surface area contributed by atoms with Crippen LogP contribution in [0.25, 0.3) is 10.9 Å². The summed E-state index contributed by atoms with van der Waals surface area (Å²) in [5.41, 5.74) is 4.09. The van der Waals surface area contributed by atoms with Gasteiger partial charge >= 0.3 is 5.97 Å². The first kappa shape index (κ1) is 30.4. The molecule has 2 N–H and O–H groups in total. The molecule has 0 unspecified atom stereocenters. The molecule has 4 aromatic rings. The average Bonchev–Trinajstić information content (AvgIpc) is 3.01. The van der Waals surface area contributed by atoms with Gasteiger partial charge in [0.15, 0.2) is 6.10 Å². The Kier molecular flexibility index (Phi) is 9.25. The molecule has 2 aliphatic rings. The van der Waals surface area contributed by atoms with Crippen LogP contribution < -0.4 is 10.6 Å². The molecule has 1 fully saturated rings. The number of esters is 1. The number of aromatic nitrogens is 1. The van der Waals surface area contributed by atoms with Crippen LogP contribution in [0, 0.1) is 0 Å². The van der Waals surface area contributed by atoms with Gasteiger partial charge in [-0.25, -0.2) is 4.79 Å². The van der Waals surface area contributed by atoms with Gasteiger partial charge in [0.2, 0.25) is 5.91 Å². The molecule has 1 saturated heterocycles. The minimum atomic E-state index is -0.743. The molecule has 1 aromatic heterocycles. The minimum absolute atomic E-state index is 0. The summed E-state index contributed by atoms with van der Waals surface area (Å²) in [6.45, 7) is 1.79. The fourth-order valence-corrected chi connectivity index (χ4v) is 6.64. The lowest BCUT2D eigenvalue weighted by molar-refractivity contribution is -0.154. The summed E-state index contributed by atoms with van der Waals surface area (Å²) in [4.78, 5) is 45.6. The van der Waals surface area contributed by atoms with E-state index >= 15 is 0 Å². The van der Waals surface area contributed by atoms with Crippen LogP contribution in [0.1, 0.15) is 24.2 Å². The Bertz CT molecular complexity index is 1660.